The molecule has 1 aromatic rings. The van der Waals surface area contributed by atoms with E-state index in [1.54, 1.807) is 6.92 Å². The first-order valence-electron chi connectivity index (χ1n) is 5.39. The van der Waals surface area contributed by atoms with Gasteiger partial charge in [0.1, 0.15) is 11.9 Å². The molecule has 1 aliphatic heterocycles. The predicted molar refractivity (Wildman–Crippen MR) is 66.7 cm³/mol. The van der Waals surface area contributed by atoms with Crippen molar-refractivity contribution in [3.8, 4) is 5.75 Å². The van der Waals surface area contributed by atoms with Crippen LogP contribution in [0.1, 0.15) is 18.6 Å². The van der Waals surface area contributed by atoms with Gasteiger partial charge in [-0.05, 0) is 47.6 Å². The molecule has 1 aromatic carbocycles. The molecule has 1 saturated heterocycles. The summed E-state index contributed by atoms with van der Waals surface area (Å²) >= 11 is 3.46. The highest BCUT2D eigenvalue weighted by Crippen LogP contribution is 2.30. The summed E-state index contributed by atoms with van der Waals surface area (Å²) in [4.78, 5) is 2.21. The monoisotopic (exact) mass is 285 g/mol. The van der Waals surface area contributed by atoms with Crippen LogP contribution in [0.2, 0.25) is 0 Å². The third-order valence-electron chi connectivity index (χ3n) is 2.76. The molecule has 0 spiro atoms. The van der Waals surface area contributed by atoms with Crippen molar-refractivity contribution in [2.24, 2.45) is 0 Å². The summed E-state index contributed by atoms with van der Waals surface area (Å²) in [7, 11) is 2.07. The number of likely N-dealkylation sites (tertiary alicyclic amines) is 1. The Kier molecular flexibility index (Phi) is 3.52. The highest BCUT2D eigenvalue weighted by molar-refractivity contribution is 9.10. The normalized spacial score (nSPS) is 19.2. The zero-order valence-electron chi connectivity index (χ0n) is 9.48. The fraction of sp³-hybridized carbons (Fsp3) is 0.500. The van der Waals surface area contributed by atoms with Gasteiger partial charge in [-0.3, -0.25) is 4.90 Å². The Morgan fingerprint density at radius 2 is 2.19 bits per heavy atom. The molecule has 0 aromatic heterocycles. The first-order valence-corrected chi connectivity index (χ1v) is 6.18. The summed E-state index contributed by atoms with van der Waals surface area (Å²) < 4.78 is 6.72. The number of halogens is 1. The molecule has 1 unspecified atom stereocenters. The van der Waals surface area contributed by atoms with E-state index in [0.717, 1.165) is 28.9 Å². The van der Waals surface area contributed by atoms with Gasteiger partial charge in [-0.2, -0.15) is 0 Å². The predicted octanol–water partition coefficient (Wildman–Crippen LogP) is 2.20. The van der Waals surface area contributed by atoms with Gasteiger partial charge < -0.3 is 9.84 Å². The second-order valence-corrected chi connectivity index (χ2v) is 5.18. The van der Waals surface area contributed by atoms with Crippen molar-refractivity contribution < 1.29 is 9.84 Å². The number of ether oxygens (including phenoxy) is 1. The van der Waals surface area contributed by atoms with Crippen molar-refractivity contribution >= 4 is 15.9 Å². The molecule has 0 aliphatic carbocycles. The molecule has 2 rings (SSSR count). The van der Waals surface area contributed by atoms with Crippen LogP contribution in [-0.2, 0) is 0 Å². The number of nitrogens with zero attached hydrogens (tertiary/aromatic N) is 1. The number of aliphatic hydroxyl groups is 1. The van der Waals surface area contributed by atoms with E-state index in [0.29, 0.717) is 6.10 Å². The van der Waals surface area contributed by atoms with E-state index < -0.39 is 6.10 Å². The number of hydrogen-bond donors (Lipinski definition) is 1. The minimum atomic E-state index is -0.444. The van der Waals surface area contributed by atoms with Gasteiger partial charge in [-0.15, -0.1) is 0 Å². The average Bonchev–Trinajstić information content (AvgIpc) is 2.18. The fourth-order valence-corrected chi connectivity index (χ4v) is 2.26. The standard InChI is InChI=1S/C12H16BrNO2/c1-8(15)9-3-4-12(11(13)5-9)16-10-6-14(2)7-10/h3-5,8,10,15H,6-7H2,1-2H3. The van der Waals surface area contributed by atoms with E-state index in [-0.39, 0.29) is 0 Å². The Labute approximate surface area is 104 Å². The lowest BCUT2D eigenvalue weighted by molar-refractivity contribution is 0.0382. The van der Waals surface area contributed by atoms with Crippen molar-refractivity contribution in [2.75, 3.05) is 20.1 Å². The quantitative estimate of drug-likeness (QED) is 0.924. The molecule has 4 heteroatoms. The largest absolute Gasteiger partial charge is 0.487 e. The molecule has 1 heterocycles. The van der Waals surface area contributed by atoms with Crippen LogP contribution in [-0.4, -0.2) is 36.2 Å². The molecule has 1 N–H and O–H groups in total. The van der Waals surface area contributed by atoms with Gasteiger partial charge in [0.2, 0.25) is 0 Å². The molecule has 88 valence electrons. The van der Waals surface area contributed by atoms with Crippen LogP contribution in [0.4, 0.5) is 0 Å². The Morgan fingerprint density at radius 1 is 1.50 bits per heavy atom. The third kappa shape index (κ3) is 2.56. The van der Waals surface area contributed by atoms with Crippen molar-refractivity contribution in [1.29, 1.82) is 0 Å². The second-order valence-electron chi connectivity index (χ2n) is 4.33. The molecule has 1 atom stereocenters. The molecule has 3 nitrogen and oxygen atoms in total. The number of aliphatic hydroxyl groups excluding tert-OH is 1. The zero-order chi connectivity index (χ0) is 11.7. The molecule has 0 saturated carbocycles. The Bertz CT molecular complexity index is 375. The SMILES string of the molecule is CC(O)c1ccc(OC2CN(C)C2)c(Br)c1. The number of likely N-dealkylation sites (N-methyl/N-ethyl adjacent to an activating group) is 1. The molecular formula is C12H16BrNO2. The lowest BCUT2D eigenvalue weighted by Gasteiger charge is -2.36. The molecular weight excluding hydrogens is 270 g/mol. The lowest BCUT2D eigenvalue weighted by Crippen LogP contribution is -2.51. The minimum Gasteiger partial charge on any atom is -0.487 e. The van der Waals surface area contributed by atoms with Crippen molar-refractivity contribution in [3.63, 3.8) is 0 Å². The summed E-state index contributed by atoms with van der Waals surface area (Å²) in [5.41, 5.74) is 0.893. The van der Waals surface area contributed by atoms with E-state index >= 15 is 0 Å². The van der Waals surface area contributed by atoms with Crippen molar-refractivity contribution in [3.05, 3.63) is 28.2 Å². The Hall–Kier alpha value is -0.580. The number of rotatable bonds is 3. The van der Waals surface area contributed by atoms with E-state index in [2.05, 4.69) is 27.9 Å². The molecule has 0 amide bonds. The Balaban J connectivity index is 2.05. The maximum Gasteiger partial charge on any atom is 0.134 e. The third-order valence-corrected chi connectivity index (χ3v) is 3.38. The van der Waals surface area contributed by atoms with Gasteiger partial charge in [0.25, 0.3) is 0 Å². The zero-order valence-corrected chi connectivity index (χ0v) is 11.1. The molecule has 1 fully saturated rings. The maximum absolute atomic E-state index is 9.44. The van der Waals surface area contributed by atoms with Crippen LogP contribution in [0.5, 0.6) is 5.75 Å². The maximum atomic E-state index is 9.44. The van der Waals surface area contributed by atoms with Crippen LogP contribution in [0.15, 0.2) is 22.7 Å². The van der Waals surface area contributed by atoms with E-state index in [9.17, 15) is 5.11 Å². The Morgan fingerprint density at radius 3 is 2.69 bits per heavy atom. The van der Waals surface area contributed by atoms with Gasteiger partial charge in [0.05, 0.1) is 10.6 Å². The van der Waals surface area contributed by atoms with Gasteiger partial charge in [0, 0.05) is 13.1 Å². The van der Waals surface area contributed by atoms with Crippen LogP contribution in [0.25, 0.3) is 0 Å². The molecule has 0 bridgehead atoms. The number of hydrogen-bond acceptors (Lipinski definition) is 3. The lowest BCUT2D eigenvalue weighted by atomic mass is 10.1. The van der Waals surface area contributed by atoms with Gasteiger partial charge in [-0.1, -0.05) is 6.07 Å². The smallest absolute Gasteiger partial charge is 0.134 e. The van der Waals surface area contributed by atoms with E-state index in [4.69, 9.17) is 4.74 Å². The summed E-state index contributed by atoms with van der Waals surface area (Å²) in [6.45, 7) is 3.71. The first-order chi connectivity index (χ1) is 7.56. The average molecular weight is 286 g/mol. The van der Waals surface area contributed by atoms with Crippen molar-refractivity contribution in [2.45, 2.75) is 19.1 Å². The van der Waals surface area contributed by atoms with Gasteiger partial charge in [-0.25, -0.2) is 0 Å². The molecule has 0 radical (unpaired) electrons. The highest BCUT2D eigenvalue weighted by atomic mass is 79.9. The first kappa shape index (κ1) is 11.9. The fourth-order valence-electron chi connectivity index (χ4n) is 1.77. The van der Waals surface area contributed by atoms with Gasteiger partial charge >= 0.3 is 0 Å². The minimum absolute atomic E-state index is 0.290. The summed E-state index contributed by atoms with van der Waals surface area (Å²) in [5.74, 6) is 0.850. The van der Waals surface area contributed by atoms with Crippen molar-refractivity contribution in [1.82, 2.24) is 4.90 Å². The summed E-state index contributed by atoms with van der Waals surface area (Å²) in [5, 5.41) is 9.44. The molecule has 1 aliphatic rings. The van der Waals surface area contributed by atoms with Crippen LogP contribution in [0, 0.1) is 0 Å². The summed E-state index contributed by atoms with van der Waals surface area (Å²) in [6.07, 6.45) is -0.154. The number of benzene rings is 1. The van der Waals surface area contributed by atoms with Crippen LogP contribution >= 0.6 is 15.9 Å². The highest BCUT2D eigenvalue weighted by Gasteiger charge is 2.25. The van der Waals surface area contributed by atoms with Crippen LogP contribution in [0.3, 0.4) is 0 Å². The van der Waals surface area contributed by atoms with Crippen LogP contribution < -0.4 is 4.74 Å². The topological polar surface area (TPSA) is 32.7 Å². The second kappa shape index (κ2) is 4.73. The van der Waals surface area contributed by atoms with E-state index in [1.807, 2.05) is 18.2 Å². The summed E-state index contributed by atoms with van der Waals surface area (Å²) in [6, 6.07) is 5.71. The van der Waals surface area contributed by atoms with Gasteiger partial charge in [0.15, 0.2) is 0 Å². The molecule has 16 heavy (non-hydrogen) atoms. The van der Waals surface area contributed by atoms with E-state index in [1.165, 1.54) is 0 Å².